The van der Waals surface area contributed by atoms with Gasteiger partial charge in [0.2, 0.25) is 0 Å². The zero-order valence-corrected chi connectivity index (χ0v) is 13.7. The van der Waals surface area contributed by atoms with Crippen LogP contribution in [0.5, 0.6) is 0 Å². The van der Waals surface area contributed by atoms with E-state index < -0.39 is 0 Å². The molecule has 2 heterocycles. The van der Waals surface area contributed by atoms with Gasteiger partial charge in [-0.05, 0) is 54.3 Å². The molecule has 1 unspecified atom stereocenters. The van der Waals surface area contributed by atoms with Crippen LogP contribution in [0, 0.1) is 0 Å². The van der Waals surface area contributed by atoms with E-state index in [0.717, 1.165) is 22.7 Å². The van der Waals surface area contributed by atoms with Crippen LogP contribution in [-0.2, 0) is 0 Å². The van der Waals surface area contributed by atoms with Crippen molar-refractivity contribution < 1.29 is 0 Å². The van der Waals surface area contributed by atoms with Gasteiger partial charge in [0.15, 0.2) is 0 Å². The van der Waals surface area contributed by atoms with Gasteiger partial charge < -0.3 is 5.32 Å². The van der Waals surface area contributed by atoms with Gasteiger partial charge in [-0.25, -0.2) is 9.97 Å². The molecule has 3 rings (SSSR count). The summed E-state index contributed by atoms with van der Waals surface area (Å²) in [6.07, 6.45) is 6.43. The highest BCUT2D eigenvalue weighted by molar-refractivity contribution is 9.10. The van der Waals surface area contributed by atoms with Gasteiger partial charge >= 0.3 is 0 Å². The van der Waals surface area contributed by atoms with Crippen molar-refractivity contribution in [1.82, 2.24) is 9.97 Å². The molecule has 2 fully saturated rings. The van der Waals surface area contributed by atoms with E-state index in [-0.39, 0.29) is 0 Å². The summed E-state index contributed by atoms with van der Waals surface area (Å²) in [7, 11) is 0. The molecule has 3 nitrogen and oxygen atoms in total. The smallest absolute Gasteiger partial charge is 0.144 e. The molecule has 19 heavy (non-hydrogen) atoms. The van der Waals surface area contributed by atoms with E-state index in [1.807, 2.05) is 11.8 Å². The number of hydrogen-bond donors (Lipinski definition) is 1. The number of thioether (sulfide) groups is 1. The zero-order chi connectivity index (χ0) is 13.2. The Hall–Kier alpha value is -0.290. The van der Waals surface area contributed by atoms with Crippen molar-refractivity contribution in [3.8, 4) is 0 Å². The summed E-state index contributed by atoms with van der Waals surface area (Å²) in [4.78, 5) is 9.65. The number of halogens is 1. The lowest BCUT2D eigenvalue weighted by Crippen LogP contribution is -2.12. The first-order valence-electron chi connectivity index (χ1n) is 7.22. The predicted octanol–water partition coefficient (Wildman–Crippen LogP) is 4.51. The number of aromatic nitrogens is 2. The summed E-state index contributed by atoms with van der Waals surface area (Å²) < 4.78 is 1.08. The topological polar surface area (TPSA) is 37.8 Å². The quantitative estimate of drug-likeness (QED) is 0.874. The zero-order valence-electron chi connectivity index (χ0n) is 11.3. The molecule has 0 radical (unpaired) electrons. The van der Waals surface area contributed by atoms with Crippen LogP contribution in [0.1, 0.15) is 61.7 Å². The fourth-order valence-corrected chi connectivity index (χ4v) is 4.37. The summed E-state index contributed by atoms with van der Waals surface area (Å²) in [5.41, 5.74) is 1.23. The number of rotatable bonds is 4. The molecule has 2 aliphatic rings. The van der Waals surface area contributed by atoms with Gasteiger partial charge in [0, 0.05) is 12.5 Å². The van der Waals surface area contributed by atoms with Gasteiger partial charge in [-0.2, -0.15) is 11.8 Å². The van der Waals surface area contributed by atoms with E-state index in [0.29, 0.717) is 11.2 Å². The highest BCUT2D eigenvalue weighted by atomic mass is 79.9. The third-order valence-electron chi connectivity index (χ3n) is 3.67. The molecule has 1 saturated carbocycles. The highest BCUT2D eigenvalue weighted by Gasteiger charge is 2.31. The number of anilines is 1. The lowest BCUT2D eigenvalue weighted by atomic mass is 10.1. The Morgan fingerprint density at radius 3 is 2.74 bits per heavy atom. The van der Waals surface area contributed by atoms with E-state index in [2.05, 4.69) is 28.2 Å². The Balaban J connectivity index is 1.93. The molecule has 1 aliphatic carbocycles. The van der Waals surface area contributed by atoms with Crippen molar-refractivity contribution in [1.29, 1.82) is 0 Å². The lowest BCUT2D eigenvalue weighted by Gasteiger charge is -2.21. The highest BCUT2D eigenvalue weighted by Crippen LogP contribution is 2.45. The SMILES string of the molecule is CCNc1nc(C2CCCCS2)nc(C2CC2)c1Br. The first kappa shape index (κ1) is 13.7. The number of nitrogens with one attached hydrogen (secondary N) is 1. The van der Waals surface area contributed by atoms with Crippen LogP contribution in [-0.4, -0.2) is 22.3 Å². The molecule has 1 atom stereocenters. The Bertz CT molecular complexity index is 456. The van der Waals surface area contributed by atoms with Crippen LogP contribution in [0.4, 0.5) is 5.82 Å². The third-order valence-corrected chi connectivity index (χ3v) is 5.83. The fraction of sp³-hybridized carbons (Fsp3) is 0.714. The summed E-state index contributed by atoms with van der Waals surface area (Å²) in [5.74, 6) is 3.94. The fourth-order valence-electron chi connectivity index (χ4n) is 2.48. The summed E-state index contributed by atoms with van der Waals surface area (Å²) >= 11 is 5.71. The summed E-state index contributed by atoms with van der Waals surface area (Å²) in [5, 5.41) is 3.87. The maximum absolute atomic E-state index is 4.88. The second-order valence-corrected chi connectivity index (χ2v) is 7.39. The van der Waals surface area contributed by atoms with Crippen molar-refractivity contribution in [2.45, 2.75) is 50.2 Å². The molecular weight excluding hydrogens is 322 g/mol. The Morgan fingerprint density at radius 1 is 1.26 bits per heavy atom. The molecule has 1 aliphatic heterocycles. The summed E-state index contributed by atoms with van der Waals surface area (Å²) in [6, 6.07) is 0. The third kappa shape index (κ3) is 3.07. The lowest BCUT2D eigenvalue weighted by molar-refractivity contribution is 0.658. The monoisotopic (exact) mass is 341 g/mol. The van der Waals surface area contributed by atoms with Gasteiger partial charge in [-0.1, -0.05) is 6.42 Å². The average Bonchev–Trinajstić information content (AvgIpc) is 3.27. The Kier molecular flexibility index (Phi) is 4.32. The average molecular weight is 342 g/mol. The van der Waals surface area contributed by atoms with E-state index >= 15 is 0 Å². The molecule has 0 amide bonds. The van der Waals surface area contributed by atoms with Crippen molar-refractivity contribution in [3.05, 3.63) is 16.0 Å². The minimum Gasteiger partial charge on any atom is -0.369 e. The second-order valence-electron chi connectivity index (χ2n) is 5.29. The molecule has 1 N–H and O–H groups in total. The molecular formula is C14H20BrN3S. The maximum atomic E-state index is 4.88. The molecule has 1 aromatic rings. The van der Waals surface area contributed by atoms with Crippen molar-refractivity contribution in [2.24, 2.45) is 0 Å². The Labute approximate surface area is 127 Å². The Morgan fingerprint density at radius 2 is 2.11 bits per heavy atom. The molecule has 0 bridgehead atoms. The molecule has 104 valence electrons. The molecule has 0 spiro atoms. The van der Waals surface area contributed by atoms with Crippen molar-refractivity contribution >= 4 is 33.5 Å². The first-order chi connectivity index (χ1) is 9.29. The molecule has 0 aromatic carbocycles. The van der Waals surface area contributed by atoms with Crippen LogP contribution in [0.3, 0.4) is 0 Å². The number of nitrogens with zero attached hydrogens (tertiary/aromatic N) is 2. The molecule has 1 aromatic heterocycles. The van der Waals surface area contributed by atoms with Crippen LogP contribution in [0.15, 0.2) is 4.47 Å². The number of hydrogen-bond acceptors (Lipinski definition) is 4. The molecule has 5 heteroatoms. The van der Waals surface area contributed by atoms with Gasteiger partial charge in [-0.3, -0.25) is 0 Å². The summed E-state index contributed by atoms with van der Waals surface area (Å²) in [6.45, 7) is 3.01. The largest absolute Gasteiger partial charge is 0.369 e. The van der Waals surface area contributed by atoms with Crippen LogP contribution < -0.4 is 5.32 Å². The standard InChI is InChI=1S/C14H20BrN3S/c1-2-16-14-11(15)12(9-6-7-9)17-13(18-14)10-5-3-4-8-19-10/h9-10H,2-8H2,1H3,(H,16,17,18). The minimum atomic E-state index is 0.497. The first-order valence-corrected chi connectivity index (χ1v) is 9.06. The van der Waals surface area contributed by atoms with E-state index in [1.54, 1.807) is 0 Å². The second kappa shape index (κ2) is 6.00. The maximum Gasteiger partial charge on any atom is 0.144 e. The minimum absolute atomic E-state index is 0.497. The van der Waals surface area contributed by atoms with Gasteiger partial charge in [-0.15, -0.1) is 0 Å². The normalized spacial score (nSPS) is 23.4. The van der Waals surface area contributed by atoms with Crippen LogP contribution in [0.2, 0.25) is 0 Å². The molecule has 1 saturated heterocycles. The van der Waals surface area contributed by atoms with Crippen molar-refractivity contribution in [3.63, 3.8) is 0 Å². The van der Waals surface area contributed by atoms with E-state index in [1.165, 1.54) is 43.6 Å². The van der Waals surface area contributed by atoms with E-state index in [4.69, 9.17) is 9.97 Å². The predicted molar refractivity (Wildman–Crippen MR) is 84.9 cm³/mol. The van der Waals surface area contributed by atoms with Crippen molar-refractivity contribution in [2.75, 3.05) is 17.6 Å². The van der Waals surface area contributed by atoms with Gasteiger partial charge in [0.05, 0.1) is 15.4 Å². The van der Waals surface area contributed by atoms with Crippen LogP contribution in [0.25, 0.3) is 0 Å². The van der Waals surface area contributed by atoms with Gasteiger partial charge in [0.1, 0.15) is 11.6 Å². The van der Waals surface area contributed by atoms with Crippen LogP contribution >= 0.6 is 27.7 Å². The van der Waals surface area contributed by atoms with Gasteiger partial charge in [0.25, 0.3) is 0 Å². The van der Waals surface area contributed by atoms with E-state index in [9.17, 15) is 0 Å².